The van der Waals surface area contributed by atoms with Gasteiger partial charge in [-0.1, -0.05) is 37.4 Å². The standard InChI is InChI=1S/C14H19ClN2O/c1-10-4-2-5-11(8-10)9-16-14(18)12-6-3-7-13(15)17-12/h3,6-7,10-11H,2,4-5,8-9H2,1H3,(H,16,18). The van der Waals surface area contributed by atoms with Crippen LogP contribution in [0.4, 0.5) is 0 Å². The Morgan fingerprint density at radius 1 is 1.50 bits per heavy atom. The molecule has 0 aliphatic heterocycles. The maximum absolute atomic E-state index is 11.9. The van der Waals surface area contributed by atoms with E-state index >= 15 is 0 Å². The zero-order valence-corrected chi connectivity index (χ0v) is 11.4. The number of rotatable bonds is 3. The summed E-state index contributed by atoms with van der Waals surface area (Å²) in [7, 11) is 0. The molecule has 1 aromatic heterocycles. The molecule has 1 aromatic rings. The summed E-state index contributed by atoms with van der Waals surface area (Å²) < 4.78 is 0. The summed E-state index contributed by atoms with van der Waals surface area (Å²) in [6.07, 6.45) is 5.02. The number of hydrogen-bond acceptors (Lipinski definition) is 2. The van der Waals surface area contributed by atoms with Crippen molar-refractivity contribution in [3.8, 4) is 0 Å². The lowest BCUT2D eigenvalue weighted by Crippen LogP contribution is -2.31. The van der Waals surface area contributed by atoms with Gasteiger partial charge in [0.05, 0.1) is 0 Å². The van der Waals surface area contributed by atoms with Crippen molar-refractivity contribution < 1.29 is 4.79 Å². The molecule has 1 saturated carbocycles. The third-order valence-electron chi connectivity index (χ3n) is 3.54. The second-order valence-corrected chi connectivity index (χ2v) is 5.58. The second kappa shape index (κ2) is 6.19. The molecule has 1 fully saturated rings. The first-order valence-corrected chi connectivity index (χ1v) is 6.93. The van der Waals surface area contributed by atoms with Crippen LogP contribution in [0, 0.1) is 11.8 Å². The largest absolute Gasteiger partial charge is 0.350 e. The summed E-state index contributed by atoms with van der Waals surface area (Å²) in [5.41, 5.74) is 0.395. The lowest BCUT2D eigenvalue weighted by atomic mass is 9.82. The van der Waals surface area contributed by atoms with E-state index in [1.807, 2.05) is 0 Å². The molecule has 1 aliphatic rings. The predicted molar refractivity (Wildman–Crippen MR) is 72.7 cm³/mol. The number of pyridine rings is 1. The van der Waals surface area contributed by atoms with Crippen molar-refractivity contribution in [1.82, 2.24) is 10.3 Å². The van der Waals surface area contributed by atoms with Crippen molar-refractivity contribution in [2.24, 2.45) is 11.8 Å². The molecule has 2 unspecified atom stereocenters. The summed E-state index contributed by atoms with van der Waals surface area (Å²) in [4.78, 5) is 15.9. The topological polar surface area (TPSA) is 42.0 Å². The van der Waals surface area contributed by atoms with E-state index < -0.39 is 0 Å². The highest BCUT2D eigenvalue weighted by atomic mass is 35.5. The molecular formula is C14H19ClN2O. The summed E-state index contributed by atoms with van der Waals surface area (Å²) >= 11 is 5.77. The fraction of sp³-hybridized carbons (Fsp3) is 0.571. The second-order valence-electron chi connectivity index (χ2n) is 5.19. The third kappa shape index (κ3) is 3.70. The molecule has 1 amide bonds. The van der Waals surface area contributed by atoms with Crippen molar-refractivity contribution in [1.29, 1.82) is 0 Å². The predicted octanol–water partition coefficient (Wildman–Crippen LogP) is 3.29. The molecule has 98 valence electrons. The molecule has 1 N–H and O–H groups in total. The van der Waals surface area contributed by atoms with E-state index in [2.05, 4.69) is 17.2 Å². The van der Waals surface area contributed by atoms with Crippen LogP contribution in [-0.2, 0) is 0 Å². The zero-order valence-electron chi connectivity index (χ0n) is 10.7. The number of hydrogen-bond donors (Lipinski definition) is 1. The Hall–Kier alpha value is -1.09. The highest BCUT2D eigenvalue weighted by Gasteiger charge is 2.19. The number of carbonyl (C=O) groups excluding carboxylic acids is 1. The van der Waals surface area contributed by atoms with Crippen LogP contribution in [0.5, 0.6) is 0 Å². The first-order valence-electron chi connectivity index (χ1n) is 6.56. The number of amides is 1. The monoisotopic (exact) mass is 266 g/mol. The van der Waals surface area contributed by atoms with Gasteiger partial charge < -0.3 is 5.32 Å². The van der Waals surface area contributed by atoms with Crippen LogP contribution in [0.3, 0.4) is 0 Å². The molecule has 0 spiro atoms. The molecule has 2 atom stereocenters. The van der Waals surface area contributed by atoms with Crippen LogP contribution in [0.2, 0.25) is 5.15 Å². The number of nitrogens with one attached hydrogen (secondary N) is 1. The lowest BCUT2D eigenvalue weighted by molar-refractivity contribution is 0.0935. The van der Waals surface area contributed by atoms with Gasteiger partial charge in [0.25, 0.3) is 5.91 Å². The molecule has 4 heteroatoms. The van der Waals surface area contributed by atoms with Gasteiger partial charge in [-0.15, -0.1) is 0 Å². The van der Waals surface area contributed by atoms with Gasteiger partial charge in [0.1, 0.15) is 10.8 Å². The minimum Gasteiger partial charge on any atom is -0.350 e. The third-order valence-corrected chi connectivity index (χ3v) is 3.75. The van der Waals surface area contributed by atoms with Crippen LogP contribution in [0.1, 0.15) is 43.1 Å². The normalized spacial score (nSPS) is 23.7. The SMILES string of the molecule is CC1CCCC(CNC(=O)c2cccc(Cl)n2)C1. The quantitative estimate of drug-likeness (QED) is 0.853. The van der Waals surface area contributed by atoms with E-state index in [9.17, 15) is 4.79 Å². The summed E-state index contributed by atoms with van der Waals surface area (Å²) in [6.45, 7) is 3.03. The Labute approximate surface area is 113 Å². The van der Waals surface area contributed by atoms with Gasteiger partial charge in [-0.25, -0.2) is 4.98 Å². The fourth-order valence-electron chi connectivity index (χ4n) is 2.61. The number of aromatic nitrogens is 1. The first kappa shape index (κ1) is 13.3. The summed E-state index contributed by atoms with van der Waals surface area (Å²) in [5, 5.41) is 3.31. The number of halogens is 1. The van der Waals surface area contributed by atoms with Crippen LogP contribution >= 0.6 is 11.6 Å². The molecule has 0 aromatic carbocycles. The van der Waals surface area contributed by atoms with Crippen LogP contribution < -0.4 is 5.32 Å². The molecule has 0 bridgehead atoms. The molecule has 0 radical (unpaired) electrons. The Morgan fingerprint density at radius 3 is 3.06 bits per heavy atom. The molecule has 18 heavy (non-hydrogen) atoms. The Morgan fingerprint density at radius 2 is 2.33 bits per heavy atom. The summed E-state index contributed by atoms with van der Waals surface area (Å²) in [6, 6.07) is 5.10. The van der Waals surface area contributed by atoms with Crippen LogP contribution in [-0.4, -0.2) is 17.4 Å². The molecule has 2 rings (SSSR count). The zero-order chi connectivity index (χ0) is 13.0. The average molecular weight is 267 g/mol. The van der Waals surface area contributed by atoms with Crippen molar-refractivity contribution in [2.75, 3.05) is 6.54 Å². The van der Waals surface area contributed by atoms with E-state index in [-0.39, 0.29) is 5.91 Å². The van der Waals surface area contributed by atoms with Gasteiger partial charge >= 0.3 is 0 Å². The smallest absolute Gasteiger partial charge is 0.269 e. The fourth-order valence-corrected chi connectivity index (χ4v) is 2.77. The maximum atomic E-state index is 11.9. The molecule has 3 nitrogen and oxygen atoms in total. The highest BCUT2D eigenvalue weighted by Crippen LogP contribution is 2.27. The maximum Gasteiger partial charge on any atom is 0.269 e. The Kier molecular flexibility index (Phi) is 4.59. The van der Waals surface area contributed by atoms with Crippen molar-refractivity contribution in [3.05, 3.63) is 29.0 Å². The van der Waals surface area contributed by atoms with E-state index in [4.69, 9.17) is 11.6 Å². The molecular weight excluding hydrogens is 248 g/mol. The van der Waals surface area contributed by atoms with E-state index in [0.717, 1.165) is 12.5 Å². The van der Waals surface area contributed by atoms with Gasteiger partial charge in [0.2, 0.25) is 0 Å². The minimum absolute atomic E-state index is 0.129. The Bertz CT molecular complexity index is 422. The number of carbonyl (C=O) groups is 1. The van der Waals surface area contributed by atoms with Crippen molar-refractivity contribution in [3.63, 3.8) is 0 Å². The van der Waals surface area contributed by atoms with Gasteiger partial charge in [-0.2, -0.15) is 0 Å². The van der Waals surface area contributed by atoms with Crippen LogP contribution in [0.25, 0.3) is 0 Å². The van der Waals surface area contributed by atoms with Gasteiger partial charge in [0, 0.05) is 6.54 Å². The van der Waals surface area contributed by atoms with Crippen molar-refractivity contribution >= 4 is 17.5 Å². The molecule has 1 aliphatic carbocycles. The van der Waals surface area contributed by atoms with Gasteiger partial charge in [-0.3, -0.25) is 4.79 Å². The Balaban J connectivity index is 1.84. The summed E-state index contributed by atoms with van der Waals surface area (Å²) in [5.74, 6) is 1.26. The number of nitrogens with zero attached hydrogens (tertiary/aromatic N) is 1. The average Bonchev–Trinajstić information content (AvgIpc) is 2.36. The van der Waals surface area contributed by atoms with Gasteiger partial charge in [-0.05, 0) is 36.8 Å². The molecule has 0 saturated heterocycles. The molecule has 1 heterocycles. The van der Waals surface area contributed by atoms with E-state index in [0.29, 0.717) is 16.8 Å². The lowest BCUT2D eigenvalue weighted by Gasteiger charge is -2.26. The highest BCUT2D eigenvalue weighted by molar-refractivity contribution is 6.29. The van der Waals surface area contributed by atoms with Crippen LogP contribution in [0.15, 0.2) is 18.2 Å². The first-order chi connectivity index (χ1) is 8.65. The van der Waals surface area contributed by atoms with Crippen molar-refractivity contribution in [2.45, 2.75) is 32.6 Å². The van der Waals surface area contributed by atoms with Gasteiger partial charge in [0.15, 0.2) is 0 Å². The minimum atomic E-state index is -0.129. The van der Waals surface area contributed by atoms with E-state index in [1.165, 1.54) is 25.7 Å². The van der Waals surface area contributed by atoms with E-state index in [1.54, 1.807) is 18.2 Å².